The lowest BCUT2D eigenvalue weighted by atomic mass is 10.2. The number of halogens is 1. The molecule has 0 spiro atoms. The van der Waals surface area contributed by atoms with Crippen LogP contribution >= 0.6 is 0 Å². The summed E-state index contributed by atoms with van der Waals surface area (Å²) in [5, 5.41) is 0. The molecule has 0 heterocycles. The van der Waals surface area contributed by atoms with E-state index in [2.05, 4.69) is 10.7 Å². The number of primary amides is 1. The van der Waals surface area contributed by atoms with Gasteiger partial charge >= 0.3 is 5.97 Å². The number of carbonyl (C=O) groups is 2. The van der Waals surface area contributed by atoms with E-state index in [-0.39, 0.29) is 0 Å². The van der Waals surface area contributed by atoms with Crippen molar-refractivity contribution in [3.63, 3.8) is 0 Å². The molecule has 0 aliphatic carbocycles. The van der Waals surface area contributed by atoms with Gasteiger partial charge < -0.3 is 11.5 Å². The van der Waals surface area contributed by atoms with E-state index >= 15 is 0 Å². The maximum atomic E-state index is 11.0. The Labute approximate surface area is 56.0 Å². The first-order valence-electron chi connectivity index (χ1n) is 2.44. The highest BCUT2D eigenvalue weighted by Crippen LogP contribution is 1.90. The molecule has 0 rings (SSSR count). The molecular formula is C4H7FN2O3. The second-order valence-electron chi connectivity index (χ2n) is 1.67. The molecule has 1 atom stereocenters. The Balaban J connectivity index is 3.72. The Hall–Kier alpha value is -1.17. The summed E-state index contributed by atoms with van der Waals surface area (Å²) < 4.78 is 11.0. The molecule has 0 saturated heterocycles. The summed E-state index contributed by atoms with van der Waals surface area (Å²) in [5.41, 5.74) is 9.55. The molecule has 0 aromatic rings. The van der Waals surface area contributed by atoms with E-state index < -0.39 is 24.3 Å². The van der Waals surface area contributed by atoms with Crippen LogP contribution in [0.2, 0.25) is 0 Å². The summed E-state index contributed by atoms with van der Waals surface area (Å²) >= 11 is 0. The molecule has 58 valence electrons. The predicted molar refractivity (Wildman–Crippen MR) is 29.0 cm³/mol. The first-order valence-corrected chi connectivity index (χ1v) is 2.44. The maximum Gasteiger partial charge on any atom is 0.365 e. The van der Waals surface area contributed by atoms with Crippen LogP contribution in [0.1, 0.15) is 6.42 Å². The molecule has 0 fully saturated rings. The Morgan fingerprint density at radius 3 is 2.40 bits per heavy atom. The van der Waals surface area contributed by atoms with Crippen molar-refractivity contribution in [2.24, 2.45) is 11.5 Å². The lowest BCUT2D eigenvalue weighted by Gasteiger charge is -2.01. The summed E-state index contributed by atoms with van der Waals surface area (Å²) in [6, 6.07) is -1.30. The monoisotopic (exact) mass is 150 g/mol. The lowest BCUT2D eigenvalue weighted by Crippen LogP contribution is -2.35. The van der Waals surface area contributed by atoms with Gasteiger partial charge in [-0.1, -0.05) is 0 Å². The first kappa shape index (κ1) is 8.83. The van der Waals surface area contributed by atoms with Crippen LogP contribution < -0.4 is 11.5 Å². The van der Waals surface area contributed by atoms with E-state index in [9.17, 15) is 14.1 Å². The molecule has 0 bridgehead atoms. The SMILES string of the molecule is NC(=O)C[C@H](N)C(=O)OF. The van der Waals surface area contributed by atoms with E-state index in [1.54, 1.807) is 0 Å². The second-order valence-corrected chi connectivity index (χ2v) is 1.67. The lowest BCUT2D eigenvalue weighted by molar-refractivity contribution is -0.185. The Kier molecular flexibility index (Phi) is 3.34. The fourth-order valence-electron chi connectivity index (χ4n) is 0.357. The second kappa shape index (κ2) is 3.78. The molecular weight excluding hydrogens is 143 g/mol. The van der Waals surface area contributed by atoms with Crippen LogP contribution in [-0.4, -0.2) is 17.9 Å². The molecule has 0 saturated carbocycles. The third-order valence-electron chi connectivity index (χ3n) is 0.800. The molecule has 4 N–H and O–H groups in total. The minimum Gasteiger partial charge on any atom is -0.370 e. The van der Waals surface area contributed by atoms with Crippen molar-refractivity contribution in [1.82, 2.24) is 0 Å². The van der Waals surface area contributed by atoms with Crippen molar-refractivity contribution in [3.05, 3.63) is 0 Å². The van der Waals surface area contributed by atoms with E-state index in [1.807, 2.05) is 0 Å². The van der Waals surface area contributed by atoms with Crippen LogP contribution in [0.5, 0.6) is 0 Å². The fourth-order valence-corrected chi connectivity index (χ4v) is 0.357. The number of rotatable bonds is 3. The summed E-state index contributed by atoms with van der Waals surface area (Å²) in [4.78, 5) is 22.9. The van der Waals surface area contributed by atoms with Gasteiger partial charge in [0.25, 0.3) is 0 Å². The highest BCUT2D eigenvalue weighted by Gasteiger charge is 2.17. The molecule has 0 aliphatic heterocycles. The third-order valence-corrected chi connectivity index (χ3v) is 0.800. The number of hydrogen-bond acceptors (Lipinski definition) is 4. The summed E-state index contributed by atoms with van der Waals surface area (Å²) in [5.74, 6) is -2.07. The normalized spacial score (nSPS) is 12.2. The maximum absolute atomic E-state index is 11.0. The van der Waals surface area contributed by atoms with Crippen molar-refractivity contribution in [2.75, 3.05) is 0 Å². The highest BCUT2D eigenvalue weighted by molar-refractivity contribution is 5.83. The highest BCUT2D eigenvalue weighted by atomic mass is 19.3. The quantitative estimate of drug-likeness (QED) is 0.518. The van der Waals surface area contributed by atoms with Crippen molar-refractivity contribution < 1.29 is 19.1 Å². The molecule has 5 nitrogen and oxygen atoms in total. The first-order chi connectivity index (χ1) is 4.57. The largest absolute Gasteiger partial charge is 0.370 e. The van der Waals surface area contributed by atoms with E-state index in [4.69, 9.17) is 5.73 Å². The van der Waals surface area contributed by atoms with Gasteiger partial charge in [-0.05, 0) is 0 Å². The fraction of sp³-hybridized carbons (Fsp3) is 0.500. The molecule has 0 aliphatic rings. The zero-order valence-corrected chi connectivity index (χ0v) is 5.04. The van der Waals surface area contributed by atoms with Gasteiger partial charge in [0.2, 0.25) is 5.91 Å². The third kappa shape index (κ3) is 2.98. The van der Waals surface area contributed by atoms with Crippen molar-refractivity contribution in [2.45, 2.75) is 12.5 Å². The van der Waals surface area contributed by atoms with Gasteiger partial charge in [0.15, 0.2) is 0 Å². The van der Waals surface area contributed by atoms with Crippen LogP contribution in [0.15, 0.2) is 0 Å². The molecule has 0 aromatic heterocycles. The Morgan fingerprint density at radius 2 is 2.10 bits per heavy atom. The minimum absolute atomic E-state index is 0.414. The average Bonchev–Trinajstić information content (AvgIpc) is 1.85. The number of hydrogen-bond donors (Lipinski definition) is 2. The molecule has 1 amide bonds. The molecule has 6 heteroatoms. The van der Waals surface area contributed by atoms with Crippen LogP contribution in [0.3, 0.4) is 0 Å². The van der Waals surface area contributed by atoms with Gasteiger partial charge in [-0.3, -0.25) is 9.74 Å². The number of carbonyl (C=O) groups excluding carboxylic acids is 2. The van der Waals surface area contributed by atoms with E-state index in [0.29, 0.717) is 0 Å². The number of nitrogens with two attached hydrogens (primary N) is 2. The average molecular weight is 150 g/mol. The van der Waals surface area contributed by atoms with Gasteiger partial charge in [0.05, 0.1) is 6.42 Å². The molecule has 0 unspecified atom stereocenters. The standard InChI is InChI=1S/C4H7FN2O3/c5-10-4(9)2(6)1-3(7)8/h2H,1,6H2,(H2,7,8)/t2-/m0/s1. The van der Waals surface area contributed by atoms with Gasteiger partial charge in [-0.2, -0.15) is 0 Å². The summed E-state index contributed by atoms with van der Waals surface area (Å²) in [6.45, 7) is 0. The van der Waals surface area contributed by atoms with Crippen LogP contribution in [0.4, 0.5) is 4.53 Å². The van der Waals surface area contributed by atoms with Crippen molar-refractivity contribution in [1.29, 1.82) is 0 Å². The van der Waals surface area contributed by atoms with Crippen LogP contribution in [0.25, 0.3) is 0 Å². The smallest absolute Gasteiger partial charge is 0.365 e. The predicted octanol–water partition coefficient (Wildman–Crippen LogP) is -1.38. The Morgan fingerprint density at radius 1 is 1.60 bits per heavy atom. The van der Waals surface area contributed by atoms with Gasteiger partial charge in [-0.25, -0.2) is 4.79 Å². The van der Waals surface area contributed by atoms with Crippen LogP contribution in [0, 0.1) is 0 Å². The topological polar surface area (TPSA) is 95.4 Å². The zero-order chi connectivity index (χ0) is 8.15. The van der Waals surface area contributed by atoms with E-state index in [1.165, 1.54) is 0 Å². The van der Waals surface area contributed by atoms with Gasteiger partial charge in [-0.15, -0.1) is 0 Å². The molecule has 0 aromatic carbocycles. The van der Waals surface area contributed by atoms with E-state index in [0.717, 1.165) is 0 Å². The molecule has 10 heavy (non-hydrogen) atoms. The van der Waals surface area contributed by atoms with Crippen LogP contribution in [-0.2, 0) is 14.5 Å². The number of amides is 1. The minimum atomic E-state index is -1.30. The summed E-state index contributed by atoms with van der Waals surface area (Å²) in [6.07, 6.45) is -0.414. The van der Waals surface area contributed by atoms with Crippen molar-refractivity contribution >= 4 is 11.9 Å². The van der Waals surface area contributed by atoms with Gasteiger partial charge in [0.1, 0.15) is 6.04 Å². The summed E-state index contributed by atoms with van der Waals surface area (Å²) in [7, 11) is 0. The Bertz CT molecular complexity index is 149. The van der Waals surface area contributed by atoms with Crippen molar-refractivity contribution in [3.8, 4) is 0 Å². The van der Waals surface area contributed by atoms with Gasteiger partial charge in [0, 0.05) is 4.53 Å². The zero-order valence-electron chi connectivity index (χ0n) is 5.04. The molecule has 0 radical (unpaired) electrons.